The van der Waals surface area contributed by atoms with Crippen molar-refractivity contribution in [2.45, 2.75) is 37.8 Å². The van der Waals surface area contributed by atoms with Gasteiger partial charge in [-0.25, -0.2) is 4.79 Å². The number of rotatable bonds is 5. The number of hydrogen-bond donors (Lipinski definition) is 5. The van der Waals surface area contributed by atoms with E-state index in [0.717, 1.165) is 19.3 Å². The third-order valence-electron chi connectivity index (χ3n) is 3.26. The Morgan fingerprint density at radius 1 is 1.39 bits per heavy atom. The molecule has 6 nitrogen and oxygen atoms in total. The zero-order valence-corrected chi connectivity index (χ0v) is 10.6. The first-order valence-electron chi connectivity index (χ1n) is 6.12. The van der Waals surface area contributed by atoms with E-state index in [2.05, 4.69) is 23.6 Å². The molecular formula is C12H22N2O4. The lowest BCUT2D eigenvalue weighted by Gasteiger charge is -2.30. The molecule has 0 saturated carbocycles. The maximum absolute atomic E-state index is 11.7. The SMILES string of the molecule is CC1=CC[C@H](NC(=O)NC(CO)(CO)CO)CC1. The molecule has 0 unspecified atom stereocenters. The Morgan fingerprint density at radius 2 is 2.00 bits per heavy atom. The summed E-state index contributed by atoms with van der Waals surface area (Å²) in [6, 6.07) is -0.424. The smallest absolute Gasteiger partial charge is 0.315 e. The van der Waals surface area contributed by atoms with Crippen LogP contribution < -0.4 is 10.6 Å². The Hall–Kier alpha value is -1.11. The van der Waals surface area contributed by atoms with Crippen LogP contribution in [0.15, 0.2) is 11.6 Å². The molecule has 1 rings (SSSR count). The molecule has 0 aromatic heterocycles. The standard InChI is InChI=1S/C12H22N2O4/c1-9-2-4-10(5-3-9)13-11(18)14-12(6-15,7-16)8-17/h2,10,15-17H,3-8H2,1H3,(H2,13,14,18)/t10-/m0/s1. The first-order valence-corrected chi connectivity index (χ1v) is 6.12. The van der Waals surface area contributed by atoms with Crippen LogP contribution >= 0.6 is 0 Å². The number of urea groups is 1. The number of hydrogen-bond acceptors (Lipinski definition) is 4. The van der Waals surface area contributed by atoms with Crippen LogP contribution in [-0.4, -0.2) is 52.8 Å². The van der Waals surface area contributed by atoms with E-state index < -0.39 is 31.4 Å². The van der Waals surface area contributed by atoms with Crippen LogP contribution in [0.25, 0.3) is 0 Å². The normalized spacial score (nSPS) is 20.2. The Bertz CT molecular complexity index is 305. The summed E-state index contributed by atoms with van der Waals surface area (Å²) in [5.74, 6) is 0. The van der Waals surface area contributed by atoms with Gasteiger partial charge in [-0.05, 0) is 26.2 Å². The molecule has 0 aromatic rings. The molecule has 6 heteroatoms. The molecule has 1 atom stereocenters. The fraction of sp³-hybridized carbons (Fsp3) is 0.750. The summed E-state index contributed by atoms with van der Waals surface area (Å²) < 4.78 is 0. The minimum atomic E-state index is -1.37. The van der Waals surface area contributed by atoms with Gasteiger partial charge in [-0.15, -0.1) is 0 Å². The monoisotopic (exact) mass is 258 g/mol. The minimum Gasteiger partial charge on any atom is -0.394 e. The summed E-state index contributed by atoms with van der Waals surface area (Å²) in [6.07, 6.45) is 4.70. The van der Waals surface area contributed by atoms with E-state index in [-0.39, 0.29) is 6.04 Å². The number of carbonyl (C=O) groups excluding carboxylic acids is 1. The molecule has 0 fully saturated rings. The molecule has 1 aliphatic rings. The predicted molar refractivity (Wildman–Crippen MR) is 67.1 cm³/mol. The highest BCUT2D eigenvalue weighted by Gasteiger charge is 2.30. The lowest BCUT2D eigenvalue weighted by Crippen LogP contribution is -2.60. The van der Waals surface area contributed by atoms with E-state index in [1.54, 1.807) is 0 Å². The molecule has 0 saturated heterocycles. The van der Waals surface area contributed by atoms with Gasteiger partial charge in [0.2, 0.25) is 0 Å². The van der Waals surface area contributed by atoms with Crippen molar-refractivity contribution < 1.29 is 20.1 Å². The van der Waals surface area contributed by atoms with Crippen molar-refractivity contribution >= 4 is 6.03 Å². The lowest BCUT2D eigenvalue weighted by atomic mass is 9.96. The highest BCUT2D eigenvalue weighted by atomic mass is 16.3. The molecule has 0 heterocycles. The quantitative estimate of drug-likeness (QED) is 0.429. The van der Waals surface area contributed by atoms with Gasteiger partial charge in [0, 0.05) is 6.04 Å². The van der Waals surface area contributed by atoms with E-state index in [1.807, 2.05) is 0 Å². The van der Waals surface area contributed by atoms with E-state index in [4.69, 9.17) is 15.3 Å². The summed E-state index contributed by atoms with van der Waals surface area (Å²) in [4.78, 5) is 11.7. The Morgan fingerprint density at radius 3 is 2.44 bits per heavy atom. The average molecular weight is 258 g/mol. The third kappa shape index (κ3) is 3.97. The number of amides is 2. The molecule has 0 aliphatic heterocycles. The molecular weight excluding hydrogens is 236 g/mol. The van der Waals surface area contributed by atoms with E-state index in [9.17, 15) is 4.79 Å². The van der Waals surface area contributed by atoms with Crippen molar-refractivity contribution in [3.63, 3.8) is 0 Å². The molecule has 5 N–H and O–H groups in total. The average Bonchev–Trinajstić information content (AvgIpc) is 2.39. The van der Waals surface area contributed by atoms with Crippen LogP contribution in [0.4, 0.5) is 4.79 Å². The Balaban J connectivity index is 2.46. The van der Waals surface area contributed by atoms with Crippen LogP contribution in [0, 0.1) is 0 Å². The number of aliphatic hydroxyl groups excluding tert-OH is 3. The first-order chi connectivity index (χ1) is 8.55. The van der Waals surface area contributed by atoms with Gasteiger partial charge in [0.25, 0.3) is 0 Å². The molecule has 104 valence electrons. The summed E-state index contributed by atoms with van der Waals surface area (Å²) >= 11 is 0. The molecule has 1 aliphatic carbocycles. The van der Waals surface area contributed by atoms with Crippen molar-refractivity contribution in [1.29, 1.82) is 0 Å². The fourth-order valence-corrected chi connectivity index (χ4v) is 1.83. The maximum atomic E-state index is 11.7. The lowest BCUT2D eigenvalue weighted by molar-refractivity contribution is 0.0489. The van der Waals surface area contributed by atoms with Gasteiger partial charge in [0.15, 0.2) is 0 Å². The molecule has 0 aromatic carbocycles. The number of aliphatic hydroxyl groups is 3. The van der Waals surface area contributed by atoms with Crippen LogP contribution in [0.2, 0.25) is 0 Å². The van der Waals surface area contributed by atoms with Crippen molar-refractivity contribution in [2.75, 3.05) is 19.8 Å². The Labute approximate surface area is 107 Å². The maximum Gasteiger partial charge on any atom is 0.315 e. The van der Waals surface area contributed by atoms with Crippen molar-refractivity contribution in [3.05, 3.63) is 11.6 Å². The van der Waals surface area contributed by atoms with Crippen LogP contribution in [-0.2, 0) is 0 Å². The zero-order valence-electron chi connectivity index (χ0n) is 10.6. The highest BCUT2D eigenvalue weighted by molar-refractivity contribution is 5.75. The largest absolute Gasteiger partial charge is 0.394 e. The van der Waals surface area contributed by atoms with Gasteiger partial charge >= 0.3 is 6.03 Å². The topological polar surface area (TPSA) is 102 Å². The number of carbonyl (C=O) groups is 1. The molecule has 0 bridgehead atoms. The van der Waals surface area contributed by atoms with Gasteiger partial charge in [-0.1, -0.05) is 11.6 Å². The van der Waals surface area contributed by atoms with Gasteiger partial charge in [0.1, 0.15) is 5.54 Å². The van der Waals surface area contributed by atoms with Gasteiger partial charge < -0.3 is 26.0 Å². The van der Waals surface area contributed by atoms with E-state index in [0.29, 0.717) is 0 Å². The molecule has 2 amide bonds. The summed E-state index contributed by atoms with van der Waals surface area (Å²) in [6.45, 7) is 0.510. The van der Waals surface area contributed by atoms with Crippen molar-refractivity contribution in [3.8, 4) is 0 Å². The predicted octanol–water partition coefficient (Wildman–Crippen LogP) is -0.500. The highest BCUT2D eigenvalue weighted by Crippen LogP contribution is 2.17. The third-order valence-corrected chi connectivity index (χ3v) is 3.26. The van der Waals surface area contributed by atoms with Crippen molar-refractivity contribution in [1.82, 2.24) is 10.6 Å². The number of nitrogens with one attached hydrogen (secondary N) is 2. The van der Waals surface area contributed by atoms with Crippen LogP contribution in [0.1, 0.15) is 26.2 Å². The Kier molecular flexibility index (Phi) is 5.58. The van der Waals surface area contributed by atoms with Gasteiger partial charge in [0.05, 0.1) is 19.8 Å². The molecule has 0 spiro atoms. The minimum absolute atomic E-state index is 0.0579. The van der Waals surface area contributed by atoms with Gasteiger partial charge in [-0.3, -0.25) is 0 Å². The summed E-state index contributed by atoms with van der Waals surface area (Å²) in [5, 5.41) is 32.5. The van der Waals surface area contributed by atoms with Gasteiger partial charge in [-0.2, -0.15) is 0 Å². The van der Waals surface area contributed by atoms with E-state index >= 15 is 0 Å². The number of allylic oxidation sites excluding steroid dienone is 1. The summed E-state index contributed by atoms with van der Waals surface area (Å²) in [5.41, 5.74) is -0.0475. The van der Waals surface area contributed by atoms with E-state index in [1.165, 1.54) is 5.57 Å². The molecule has 18 heavy (non-hydrogen) atoms. The first kappa shape index (κ1) is 14.9. The van der Waals surface area contributed by atoms with Crippen LogP contribution in [0.3, 0.4) is 0 Å². The van der Waals surface area contributed by atoms with Crippen molar-refractivity contribution in [2.24, 2.45) is 0 Å². The van der Waals surface area contributed by atoms with Crippen LogP contribution in [0.5, 0.6) is 0 Å². The second-order valence-electron chi connectivity index (χ2n) is 4.87. The summed E-state index contributed by atoms with van der Waals surface area (Å²) in [7, 11) is 0. The molecule has 0 radical (unpaired) electrons. The second-order valence-corrected chi connectivity index (χ2v) is 4.87. The second kappa shape index (κ2) is 6.72. The fourth-order valence-electron chi connectivity index (χ4n) is 1.83. The zero-order chi connectivity index (χ0) is 13.6.